The van der Waals surface area contributed by atoms with Crippen molar-refractivity contribution >= 4 is 92.2 Å². The summed E-state index contributed by atoms with van der Waals surface area (Å²) < 4.78 is 18.2. The molecule has 0 amide bonds. The van der Waals surface area contributed by atoms with Gasteiger partial charge in [0.15, 0.2) is 11.6 Å². The van der Waals surface area contributed by atoms with Gasteiger partial charge in [-0.25, -0.2) is 4.98 Å². The summed E-state index contributed by atoms with van der Waals surface area (Å²) in [5, 5.41) is 6.99. The topological polar surface area (TPSA) is 70.2 Å². The smallest absolute Gasteiger partial charge is 0.238 e. The quantitative estimate of drug-likeness (QED) is 0.129. The van der Waals surface area contributed by atoms with E-state index >= 15 is 0 Å². The van der Waals surface area contributed by atoms with Crippen LogP contribution in [0.3, 0.4) is 0 Å². The normalized spacial score (nSPS) is 11.6. The van der Waals surface area contributed by atoms with Gasteiger partial charge in [-0.3, -0.25) is 4.57 Å². The largest absolute Gasteiger partial charge is 0.497 e. The fraction of sp³-hybridized carbons (Fsp3) is 0.0282. The summed E-state index contributed by atoms with van der Waals surface area (Å²) in [5.74, 6) is 3.09. The highest BCUT2D eigenvalue weighted by molar-refractivity contribution is 7.25. The van der Waals surface area contributed by atoms with Crippen LogP contribution in [0.4, 0.5) is 17.1 Å². The van der Waals surface area contributed by atoms with E-state index in [1.165, 1.54) is 31.3 Å². The number of anilines is 3. The third-order valence-corrected chi connectivity index (χ3v) is 16.5. The number of aromatic nitrogens is 5. The maximum atomic E-state index is 5.55. The van der Waals surface area contributed by atoms with Gasteiger partial charge in [-0.15, -0.1) is 11.3 Å². The Morgan fingerprint density at radius 3 is 1.45 bits per heavy atom. The lowest BCUT2D eigenvalue weighted by atomic mass is 10.0. The molecule has 0 aliphatic heterocycles. The highest BCUT2D eigenvalue weighted by atomic mass is 32.1. The first-order valence-electron chi connectivity index (χ1n) is 26.6. The summed E-state index contributed by atoms with van der Waals surface area (Å²) in [6, 6.07) is 90.4. The van der Waals surface area contributed by atoms with Gasteiger partial charge in [0.05, 0.1) is 36.3 Å². The van der Waals surface area contributed by atoms with E-state index in [0.717, 1.165) is 100 Å². The summed E-state index contributed by atoms with van der Waals surface area (Å²) >= 11 is 1.84. The Kier molecular flexibility index (Phi) is 11.3. The van der Waals surface area contributed by atoms with Gasteiger partial charge in [0.1, 0.15) is 11.5 Å². The van der Waals surface area contributed by atoms with Crippen LogP contribution in [0.1, 0.15) is 0 Å². The van der Waals surface area contributed by atoms with Crippen LogP contribution >= 0.6 is 11.3 Å². The van der Waals surface area contributed by atoms with Crippen LogP contribution in [0.15, 0.2) is 255 Å². The van der Waals surface area contributed by atoms with E-state index in [2.05, 4.69) is 220 Å². The molecule has 4 heterocycles. The summed E-state index contributed by atoms with van der Waals surface area (Å²) in [6.07, 6.45) is 0. The van der Waals surface area contributed by atoms with Crippen molar-refractivity contribution in [2.45, 2.75) is 0 Å². The molecule has 0 aliphatic rings. The zero-order valence-corrected chi connectivity index (χ0v) is 44.5. The fourth-order valence-corrected chi connectivity index (χ4v) is 12.6. The molecule has 380 valence electrons. The molecule has 4 aromatic heterocycles. The molecule has 0 saturated carbocycles. The molecule has 80 heavy (non-hydrogen) atoms. The Morgan fingerprint density at radius 2 is 0.800 bits per heavy atom. The lowest BCUT2D eigenvalue weighted by molar-refractivity contribution is 0.415. The van der Waals surface area contributed by atoms with Crippen molar-refractivity contribution in [1.82, 2.24) is 24.1 Å². The summed E-state index contributed by atoms with van der Waals surface area (Å²) in [6.45, 7) is 0. The number of fused-ring (bicyclic) bond motifs is 9. The number of para-hydroxylation sites is 2. The number of hydrogen-bond acceptors (Lipinski definition) is 7. The molecule has 15 aromatic rings. The Balaban J connectivity index is 0.914. The first-order chi connectivity index (χ1) is 39.5. The second-order valence-electron chi connectivity index (χ2n) is 20.0. The van der Waals surface area contributed by atoms with Gasteiger partial charge < -0.3 is 18.9 Å². The molecule has 0 saturated heterocycles. The standard InChI is InChI=1S/C71H48N6O2S/c1-78-55-35-25-48(26-36-55)69-72-70(49-27-37-56(79-2)38-28-49)74-71(73-69)77-64-40-29-50(41-60(64)62-44-65-61(43-66(62)77)57-17-9-11-19-63(57)76(65)51-15-7-4-8-16-51)47-23-32-53(33-24-47)75(52-30-21-46(22-31-52)45-13-5-3-6-14-45)54-34-39-59-58-18-10-12-20-67(58)80-68(59)42-54/h3-44H,1-2H3. The van der Waals surface area contributed by atoms with Crippen molar-refractivity contribution in [2.75, 3.05) is 19.1 Å². The van der Waals surface area contributed by atoms with Gasteiger partial charge in [0, 0.05) is 75.6 Å². The van der Waals surface area contributed by atoms with Crippen LogP contribution in [0.25, 0.3) is 120 Å². The summed E-state index contributed by atoms with van der Waals surface area (Å²) in [4.78, 5) is 18.1. The maximum Gasteiger partial charge on any atom is 0.238 e. The molecule has 9 heteroatoms. The zero-order valence-electron chi connectivity index (χ0n) is 43.7. The fourth-order valence-electron chi connectivity index (χ4n) is 11.5. The van der Waals surface area contributed by atoms with E-state index in [-0.39, 0.29) is 0 Å². The van der Waals surface area contributed by atoms with Crippen LogP contribution in [0, 0.1) is 0 Å². The van der Waals surface area contributed by atoms with Crippen molar-refractivity contribution in [3.63, 3.8) is 0 Å². The number of rotatable bonds is 11. The Morgan fingerprint density at radius 1 is 0.325 bits per heavy atom. The van der Waals surface area contributed by atoms with Crippen LogP contribution in [-0.4, -0.2) is 38.3 Å². The molecule has 0 N–H and O–H groups in total. The molecular weight excluding hydrogens is 1000 g/mol. The first kappa shape index (κ1) is 46.9. The highest BCUT2D eigenvalue weighted by Gasteiger charge is 2.23. The third kappa shape index (κ3) is 8.01. The van der Waals surface area contributed by atoms with Gasteiger partial charge in [0.2, 0.25) is 5.95 Å². The number of nitrogens with zero attached hydrogens (tertiary/aromatic N) is 6. The molecule has 0 unspecified atom stereocenters. The van der Waals surface area contributed by atoms with Crippen LogP contribution < -0.4 is 14.4 Å². The average molecular weight is 1050 g/mol. The maximum absolute atomic E-state index is 5.55. The predicted molar refractivity (Wildman–Crippen MR) is 331 cm³/mol. The second-order valence-corrected chi connectivity index (χ2v) is 21.0. The number of hydrogen-bond donors (Lipinski definition) is 0. The van der Waals surface area contributed by atoms with Gasteiger partial charge in [0.25, 0.3) is 0 Å². The highest BCUT2D eigenvalue weighted by Crippen LogP contribution is 2.44. The van der Waals surface area contributed by atoms with E-state index < -0.39 is 0 Å². The Hall–Kier alpha value is -10.4. The van der Waals surface area contributed by atoms with Crippen LogP contribution in [0.2, 0.25) is 0 Å². The van der Waals surface area contributed by atoms with E-state index in [1.54, 1.807) is 14.2 Å². The number of thiophene rings is 1. The van der Waals surface area contributed by atoms with E-state index in [0.29, 0.717) is 17.6 Å². The molecule has 8 nitrogen and oxygen atoms in total. The minimum atomic E-state index is 0.505. The van der Waals surface area contributed by atoms with Crippen molar-refractivity contribution in [3.8, 4) is 68.2 Å². The Labute approximate surface area is 465 Å². The molecule has 15 rings (SSSR count). The van der Waals surface area contributed by atoms with Gasteiger partial charge in [-0.1, -0.05) is 121 Å². The number of methoxy groups -OCH3 is 2. The summed E-state index contributed by atoms with van der Waals surface area (Å²) in [7, 11) is 3.34. The molecule has 0 spiro atoms. The SMILES string of the molecule is COc1ccc(-c2nc(-c3ccc(OC)cc3)nc(-n3c4ccc(-c5ccc(N(c6ccc(-c7ccccc7)cc6)c6ccc7c(c6)sc6ccccc67)cc5)cc4c4cc5c(cc43)c3ccccc3n5-c3ccccc3)n2)cc1. The number of benzene rings is 11. The monoisotopic (exact) mass is 1050 g/mol. The zero-order chi connectivity index (χ0) is 53.3. The number of ether oxygens (including phenoxy) is 2. The predicted octanol–water partition coefficient (Wildman–Crippen LogP) is 18.6. The van der Waals surface area contributed by atoms with Crippen LogP contribution in [0.5, 0.6) is 11.5 Å². The van der Waals surface area contributed by atoms with Crippen molar-refractivity contribution in [1.29, 1.82) is 0 Å². The van der Waals surface area contributed by atoms with Crippen molar-refractivity contribution in [2.24, 2.45) is 0 Å². The molecule has 0 fully saturated rings. The third-order valence-electron chi connectivity index (χ3n) is 15.4. The molecule has 0 bridgehead atoms. The van der Waals surface area contributed by atoms with Gasteiger partial charge in [-0.2, -0.15) is 9.97 Å². The molecule has 0 atom stereocenters. The molecule has 0 radical (unpaired) electrons. The minimum absolute atomic E-state index is 0.505. The van der Waals surface area contributed by atoms with Gasteiger partial charge >= 0.3 is 0 Å². The lowest BCUT2D eigenvalue weighted by Gasteiger charge is -2.26. The first-order valence-corrected chi connectivity index (χ1v) is 27.4. The van der Waals surface area contributed by atoms with E-state index in [4.69, 9.17) is 24.4 Å². The lowest BCUT2D eigenvalue weighted by Crippen LogP contribution is -2.09. The Bertz CT molecular complexity index is 4760. The molecular formula is C71H48N6O2S. The minimum Gasteiger partial charge on any atom is -0.497 e. The van der Waals surface area contributed by atoms with Gasteiger partial charge in [-0.05, 0) is 156 Å². The second kappa shape index (κ2) is 19.3. The summed E-state index contributed by atoms with van der Waals surface area (Å²) in [5.41, 5.74) is 14.8. The van der Waals surface area contributed by atoms with E-state index in [9.17, 15) is 0 Å². The van der Waals surface area contributed by atoms with E-state index in [1.807, 2.05) is 59.9 Å². The average Bonchev–Trinajstić information content (AvgIpc) is 4.21. The molecule has 0 aliphatic carbocycles. The molecule has 11 aromatic carbocycles. The van der Waals surface area contributed by atoms with Crippen LogP contribution in [-0.2, 0) is 0 Å². The van der Waals surface area contributed by atoms with Crippen molar-refractivity contribution < 1.29 is 9.47 Å². The van der Waals surface area contributed by atoms with Crippen molar-refractivity contribution in [3.05, 3.63) is 255 Å².